The zero-order valence-electron chi connectivity index (χ0n) is 5.65. The molecule has 0 saturated heterocycles. The van der Waals surface area contributed by atoms with Crippen molar-refractivity contribution in [3.63, 3.8) is 0 Å². The number of rotatable bonds is 1. The van der Waals surface area contributed by atoms with Crippen LogP contribution in [0.15, 0.2) is 11.7 Å². The first-order chi connectivity index (χ1) is 5.10. The Kier molecular flexibility index (Phi) is 2.76. The molecule has 0 N–H and O–H groups in total. The summed E-state index contributed by atoms with van der Waals surface area (Å²) < 4.78 is 80.5. The second kappa shape index (κ2) is 2.95. The molecule has 0 bridgehead atoms. The molecule has 0 aliphatic rings. The van der Waals surface area contributed by atoms with Gasteiger partial charge in [-0.3, -0.25) is 0 Å². The Morgan fingerprint density at radius 2 is 1.25 bits per heavy atom. The van der Waals surface area contributed by atoms with Gasteiger partial charge in [0.2, 0.25) is 0 Å². The maximum absolute atomic E-state index is 11.9. The van der Waals surface area contributed by atoms with Crippen molar-refractivity contribution >= 4 is 0 Å². The molecular weight excluding hydrogens is 193 g/mol. The van der Waals surface area contributed by atoms with Crippen molar-refractivity contribution in [3.05, 3.63) is 11.7 Å². The number of allylic oxidation sites excluding steroid dienone is 1. The van der Waals surface area contributed by atoms with Crippen LogP contribution in [0.1, 0.15) is 6.92 Å². The molecule has 0 rings (SSSR count). The predicted molar refractivity (Wildman–Crippen MR) is 25.9 cm³/mol. The number of hydrogen-bond acceptors (Lipinski definition) is 0. The third-order valence-electron chi connectivity index (χ3n) is 1.11. The SMILES string of the molecule is CC(=C(F)F)C(F)(F)C(F)(F)F. The summed E-state index contributed by atoms with van der Waals surface area (Å²) in [6.45, 7) is 0.0306. The molecule has 0 unspecified atom stereocenters. The van der Waals surface area contributed by atoms with Crippen molar-refractivity contribution in [1.29, 1.82) is 0 Å². The molecule has 0 heterocycles. The zero-order chi connectivity index (χ0) is 10.2. The first-order valence-corrected chi connectivity index (χ1v) is 2.57. The molecule has 0 nitrogen and oxygen atoms in total. The largest absolute Gasteiger partial charge is 0.457 e. The summed E-state index contributed by atoms with van der Waals surface area (Å²) in [5, 5.41) is 0. The Bertz CT molecular complexity index is 194. The lowest BCUT2D eigenvalue weighted by Crippen LogP contribution is -2.37. The van der Waals surface area contributed by atoms with Crippen LogP contribution in [-0.2, 0) is 0 Å². The van der Waals surface area contributed by atoms with E-state index >= 15 is 0 Å². The second-order valence-electron chi connectivity index (χ2n) is 1.96. The molecule has 0 aromatic heterocycles. The molecule has 0 amide bonds. The highest BCUT2D eigenvalue weighted by Gasteiger charge is 2.60. The Morgan fingerprint density at radius 1 is 0.917 bits per heavy atom. The highest BCUT2D eigenvalue weighted by atomic mass is 19.4. The Morgan fingerprint density at radius 3 is 1.33 bits per heavy atom. The van der Waals surface area contributed by atoms with Crippen LogP contribution in [0.4, 0.5) is 30.7 Å². The topological polar surface area (TPSA) is 0 Å². The summed E-state index contributed by atoms with van der Waals surface area (Å²) >= 11 is 0. The van der Waals surface area contributed by atoms with E-state index in [-0.39, 0.29) is 6.92 Å². The van der Waals surface area contributed by atoms with Crippen LogP contribution in [0, 0.1) is 0 Å². The Labute approximate surface area is 62.7 Å². The van der Waals surface area contributed by atoms with Crippen molar-refractivity contribution in [1.82, 2.24) is 0 Å². The van der Waals surface area contributed by atoms with Crippen molar-refractivity contribution in [3.8, 4) is 0 Å². The van der Waals surface area contributed by atoms with Crippen LogP contribution in [0.5, 0.6) is 0 Å². The van der Waals surface area contributed by atoms with Gasteiger partial charge < -0.3 is 0 Å². The Hall–Kier alpha value is -0.750. The van der Waals surface area contributed by atoms with E-state index in [0.29, 0.717) is 0 Å². The van der Waals surface area contributed by atoms with Gasteiger partial charge in [-0.05, 0) is 6.92 Å². The van der Waals surface area contributed by atoms with Gasteiger partial charge in [-0.15, -0.1) is 0 Å². The van der Waals surface area contributed by atoms with Crippen molar-refractivity contribution < 1.29 is 30.7 Å². The third kappa shape index (κ3) is 1.89. The van der Waals surface area contributed by atoms with Crippen molar-refractivity contribution in [2.75, 3.05) is 0 Å². The monoisotopic (exact) mass is 196 g/mol. The van der Waals surface area contributed by atoms with E-state index in [1.807, 2.05) is 0 Å². The minimum Gasteiger partial charge on any atom is -0.191 e. The molecule has 12 heavy (non-hydrogen) atoms. The van der Waals surface area contributed by atoms with E-state index in [0.717, 1.165) is 0 Å². The van der Waals surface area contributed by atoms with Crippen LogP contribution in [0.2, 0.25) is 0 Å². The molecule has 0 aromatic carbocycles. The smallest absolute Gasteiger partial charge is 0.191 e. The number of alkyl halides is 5. The maximum Gasteiger partial charge on any atom is 0.457 e. The quantitative estimate of drug-likeness (QED) is 0.564. The van der Waals surface area contributed by atoms with E-state index in [9.17, 15) is 30.7 Å². The van der Waals surface area contributed by atoms with Gasteiger partial charge >= 0.3 is 12.1 Å². The minimum atomic E-state index is -5.97. The van der Waals surface area contributed by atoms with Gasteiger partial charge in [0, 0.05) is 0 Å². The average Bonchev–Trinajstić information content (AvgIpc) is 1.83. The standard InChI is InChI=1S/C5H3F7/c1-2(3(6)7)4(8,9)5(10,11)12/h1H3. The van der Waals surface area contributed by atoms with Gasteiger partial charge in [-0.2, -0.15) is 30.7 Å². The molecule has 0 radical (unpaired) electrons. The fourth-order valence-electron chi connectivity index (χ4n) is 0.331. The average molecular weight is 196 g/mol. The zero-order valence-corrected chi connectivity index (χ0v) is 5.65. The van der Waals surface area contributed by atoms with E-state index in [4.69, 9.17) is 0 Å². The molecule has 0 atom stereocenters. The van der Waals surface area contributed by atoms with E-state index in [1.165, 1.54) is 0 Å². The normalized spacial score (nSPS) is 13.0. The lowest BCUT2D eigenvalue weighted by atomic mass is 10.1. The van der Waals surface area contributed by atoms with Gasteiger partial charge in [0.15, 0.2) is 0 Å². The summed E-state index contributed by atoms with van der Waals surface area (Å²) in [7, 11) is 0. The Balaban J connectivity index is 5.01. The van der Waals surface area contributed by atoms with Crippen LogP contribution in [0.3, 0.4) is 0 Å². The van der Waals surface area contributed by atoms with Gasteiger partial charge in [-0.1, -0.05) is 0 Å². The molecule has 72 valence electrons. The molecular formula is C5H3F7. The second-order valence-corrected chi connectivity index (χ2v) is 1.96. The minimum absolute atomic E-state index is 0.0306. The van der Waals surface area contributed by atoms with Gasteiger partial charge in [-0.25, -0.2) is 0 Å². The molecule has 0 fully saturated rings. The van der Waals surface area contributed by atoms with E-state index in [2.05, 4.69) is 0 Å². The summed E-state index contributed by atoms with van der Waals surface area (Å²) in [5.41, 5.74) is -2.27. The fourth-order valence-corrected chi connectivity index (χ4v) is 0.331. The molecule has 0 spiro atoms. The molecule has 7 heteroatoms. The summed E-state index contributed by atoms with van der Waals surface area (Å²) in [5.74, 6) is -5.45. The highest BCUT2D eigenvalue weighted by molar-refractivity contribution is 5.13. The summed E-state index contributed by atoms with van der Waals surface area (Å²) in [6.07, 6.45) is -8.99. The molecule has 0 aromatic rings. The summed E-state index contributed by atoms with van der Waals surface area (Å²) in [4.78, 5) is 0. The summed E-state index contributed by atoms with van der Waals surface area (Å²) in [6, 6.07) is 0. The number of hydrogen-bond donors (Lipinski definition) is 0. The molecule has 0 aliphatic carbocycles. The predicted octanol–water partition coefficient (Wildman–Crippen LogP) is 3.35. The van der Waals surface area contributed by atoms with Crippen LogP contribution in [0.25, 0.3) is 0 Å². The van der Waals surface area contributed by atoms with Crippen molar-refractivity contribution in [2.24, 2.45) is 0 Å². The van der Waals surface area contributed by atoms with Crippen LogP contribution < -0.4 is 0 Å². The van der Waals surface area contributed by atoms with Crippen LogP contribution in [-0.4, -0.2) is 12.1 Å². The fraction of sp³-hybridized carbons (Fsp3) is 0.600. The lowest BCUT2D eigenvalue weighted by molar-refractivity contribution is -0.265. The lowest BCUT2D eigenvalue weighted by Gasteiger charge is -2.18. The van der Waals surface area contributed by atoms with Gasteiger partial charge in [0.25, 0.3) is 6.08 Å². The van der Waals surface area contributed by atoms with E-state index in [1.54, 1.807) is 0 Å². The molecule has 0 saturated carbocycles. The van der Waals surface area contributed by atoms with Gasteiger partial charge in [0.05, 0.1) is 5.57 Å². The van der Waals surface area contributed by atoms with E-state index < -0.39 is 23.8 Å². The highest BCUT2D eigenvalue weighted by Crippen LogP contribution is 2.42. The first-order valence-electron chi connectivity index (χ1n) is 2.57. The third-order valence-corrected chi connectivity index (χ3v) is 1.11. The maximum atomic E-state index is 11.9. The number of halogens is 7. The first kappa shape index (κ1) is 11.2. The van der Waals surface area contributed by atoms with Crippen molar-refractivity contribution in [2.45, 2.75) is 19.0 Å². The van der Waals surface area contributed by atoms with Crippen LogP contribution >= 0.6 is 0 Å². The molecule has 0 aliphatic heterocycles. The van der Waals surface area contributed by atoms with Gasteiger partial charge in [0.1, 0.15) is 0 Å².